The summed E-state index contributed by atoms with van der Waals surface area (Å²) in [6, 6.07) is 12.5. The predicted molar refractivity (Wildman–Crippen MR) is 81.8 cm³/mol. The van der Waals surface area contributed by atoms with Crippen molar-refractivity contribution in [2.75, 3.05) is 5.32 Å². The Balaban J connectivity index is 1.80. The molecule has 6 heteroatoms. The van der Waals surface area contributed by atoms with Gasteiger partial charge in [-0.25, -0.2) is 18.7 Å². The van der Waals surface area contributed by atoms with E-state index in [0.717, 1.165) is 17.7 Å². The number of hydrogen-bond acceptors (Lipinski definition) is 3. The normalized spacial score (nSPS) is 10.3. The van der Waals surface area contributed by atoms with Crippen LogP contribution in [-0.4, -0.2) is 15.9 Å². The molecule has 2 aromatic carbocycles. The molecule has 1 aromatic heterocycles. The summed E-state index contributed by atoms with van der Waals surface area (Å²) >= 11 is 0. The summed E-state index contributed by atoms with van der Waals surface area (Å²) < 4.78 is 27.1. The number of carbonyl (C=O) groups is 1. The Bertz CT molecular complexity index is 816. The topological polar surface area (TPSA) is 54.9 Å². The molecule has 0 atom stereocenters. The van der Waals surface area contributed by atoms with Crippen molar-refractivity contribution < 1.29 is 13.6 Å². The Morgan fingerprint density at radius 3 is 2.09 bits per heavy atom. The number of carbonyl (C=O) groups excluding carboxylic acids is 1. The van der Waals surface area contributed by atoms with Crippen molar-refractivity contribution in [3.63, 3.8) is 0 Å². The van der Waals surface area contributed by atoms with Crippen LogP contribution in [0.4, 0.5) is 14.5 Å². The number of benzene rings is 2. The van der Waals surface area contributed by atoms with E-state index in [9.17, 15) is 13.6 Å². The van der Waals surface area contributed by atoms with Crippen LogP contribution in [0.5, 0.6) is 0 Å². The minimum Gasteiger partial charge on any atom is -0.319 e. The van der Waals surface area contributed by atoms with E-state index < -0.39 is 23.1 Å². The van der Waals surface area contributed by atoms with Gasteiger partial charge in [-0.2, -0.15) is 0 Å². The monoisotopic (exact) mass is 311 g/mol. The van der Waals surface area contributed by atoms with Crippen molar-refractivity contribution in [1.29, 1.82) is 0 Å². The minimum atomic E-state index is -0.927. The highest BCUT2D eigenvalue weighted by Crippen LogP contribution is 2.17. The molecular formula is C17H11F2N3O. The molecule has 0 spiro atoms. The first-order valence-electron chi connectivity index (χ1n) is 6.78. The van der Waals surface area contributed by atoms with Gasteiger partial charge in [0.05, 0.1) is 18.1 Å². The first-order chi connectivity index (χ1) is 11.1. The van der Waals surface area contributed by atoms with Crippen LogP contribution in [0.3, 0.4) is 0 Å². The summed E-state index contributed by atoms with van der Waals surface area (Å²) in [6.07, 6.45) is 2.76. The predicted octanol–water partition coefficient (Wildman–Crippen LogP) is 3.67. The molecule has 1 heterocycles. The first kappa shape index (κ1) is 14.8. The van der Waals surface area contributed by atoms with Gasteiger partial charge < -0.3 is 5.32 Å². The molecule has 3 aromatic rings. The van der Waals surface area contributed by atoms with Gasteiger partial charge >= 0.3 is 0 Å². The zero-order chi connectivity index (χ0) is 16.2. The Labute approximate surface area is 130 Å². The molecule has 0 aliphatic heterocycles. The number of hydrogen-bond donors (Lipinski definition) is 1. The highest BCUT2D eigenvalue weighted by molar-refractivity contribution is 6.04. The Morgan fingerprint density at radius 2 is 1.48 bits per heavy atom. The van der Waals surface area contributed by atoms with Crippen molar-refractivity contribution in [3.05, 3.63) is 78.1 Å². The largest absolute Gasteiger partial charge is 0.319 e. The lowest BCUT2D eigenvalue weighted by Gasteiger charge is -2.07. The number of nitrogens with zero attached hydrogens (tertiary/aromatic N) is 2. The van der Waals surface area contributed by atoms with Gasteiger partial charge in [0.15, 0.2) is 5.82 Å². The molecule has 0 bridgehead atoms. The molecule has 0 fully saturated rings. The molecule has 0 saturated carbocycles. The van der Waals surface area contributed by atoms with Gasteiger partial charge in [0.25, 0.3) is 5.91 Å². The van der Waals surface area contributed by atoms with Crippen molar-refractivity contribution >= 4 is 11.6 Å². The lowest BCUT2D eigenvalue weighted by Crippen LogP contribution is -2.16. The standard InChI is InChI=1S/C17H11F2N3O/c18-13-7-4-8-14(19)15(13)17(23)22-12-9-20-16(21-10-12)11-5-2-1-3-6-11/h1-10H,(H,22,23). The summed E-state index contributed by atoms with van der Waals surface area (Å²) in [7, 11) is 0. The van der Waals surface area contributed by atoms with Crippen LogP contribution in [-0.2, 0) is 0 Å². The SMILES string of the molecule is O=C(Nc1cnc(-c2ccccc2)nc1)c1c(F)cccc1F. The van der Waals surface area contributed by atoms with E-state index in [1.54, 1.807) is 0 Å². The molecule has 3 rings (SSSR count). The molecule has 4 nitrogen and oxygen atoms in total. The Hall–Kier alpha value is -3.15. The van der Waals surface area contributed by atoms with Gasteiger partial charge in [-0.15, -0.1) is 0 Å². The summed E-state index contributed by atoms with van der Waals surface area (Å²) in [5.74, 6) is -2.26. The molecule has 1 N–H and O–H groups in total. The summed E-state index contributed by atoms with van der Waals surface area (Å²) in [5, 5.41) is 2.37. The van der Waals surface area contributed by atoms with Crippen LogP contribution < -0.4 is 5.32 Å². The third kappa shape index (κ3) is 3.21. The summed E-state index contributed by atoms with van der Waals surface area (Å²) in [5.41, 5.74) is 0.433. The molecule has 1 amide bonds. The summed E-state index contributed by atoms with van der Waals surface area (Å²) in [4.78, 5) is 20.2. The van der Waals surface area contributed by atoms with Gasteiger partial charge in [0, 0.05) is 5.56 Å². The quantitative estimate of drug-likeness (QED) is 0.803. The number of anilines is 1. The van der Waals surface area contributed by atoms with E-state index in [4.69, 9.17) is 0 Å². The molecule has 114 valence electrons. The molecule has 0 radical (unpaired) electrons. The average Bonchev–Trinajstić information content (AvgIpc) is 2.56. The van der Waals surface area contributed by atoms with E-state index in [1.165, 1.54) is 18.5 Å². The van der Waals surface area contributed by atoms with Crippen LogP contribution in [0.2, 0.25) is 0 Å². The van der Waals surface area contributed by atoms with Crippen LogP contribution in [0.1, 0.15) is 10.4 Å². The number of nitrogens with one attached hydrogen (secondary N) is 1. The number of aromatic nitrogens is 2. The third-order valence-electron chi connectivity index (χ3n) is 3.13. The zero-order valence-electron chi connectivity index (χ0n) is 11.8. The van der Waals surface area contributed by atoms with E-state index in [1.807, 2.05) is 30.3 Å². The van der Waals surface area contributed by atoms with Crippen LogP contribution >= 0.6 is 0 Å². The van der Waals surface area contributed by atoms with Gasteiger partial charge in [0.1, 0.15) is 17.2 Å². The van der Waals surface area contributed by atoms with Crippen LogP contribution in [0.25, 0.3) is 11.4 Å². The lowest BCUT2D eigenvalue weighted by molar-refractivity contribution is 0.101. The average molecular weight is 311 g/mol. The third-order valence-corrected chi connectivity index (χ3v) is 3.13. The van der Waals surface area contributed by atoms with Gasteiger partial charge in [-0.3, -0.25) is 4.79 Å². The smallest absolute Gasteiger partial charge is 0.261 e. The Kier molecular flexibility index (Phi) is 4.05. The van der Waals surface area contributed by atoms with E-state index in [-0.39, 0.29) is 5.69 Å². The van der Waals surface area contributed by atoms with E-state index in [2.05, 4.69) is 15.3 Å². The maximum absolute atomic E-state index is 13.6. The lowest BCUT2D eigenvalue weighted by atomic mass is 10.2. The fraction of sp³-hybridized carbons (Fsp3) is 0. The van der Waals surface area contributed by atoms with Crippen molar-refractivity contribution in [1.82, 2.24) is 9.97 Å². The maximum atomic E-state index is 13.6. The molecule has 23 heavy (non-hydrogen) atoms. The molecular weight excluding hydrogens is 300 g/mol. The van der Waals surface area contributed by atoms with Gasteiger partial charge in [-0.05, 0) is 12.1 Å². The fourth-order valence-electron chi connectivity index (χ4n) is 2.04. The number of halogens is 2. The number of rotatable bonds is 3. The highest BCUT2D eigenvalue weighted by atomic mass is 19.1. The van der Waals surface area contributed by atoms with Gasteiger partial charge in [0.2, 0.25) is 0 Å². The van der Waals surface area contributed by atoms with Crippen molar-refractivity contribution in [3.8, 4) is 11.4 Å². The number of amides is 1. The second-order valence-corrected chi connectivity index (χ2v) is 4.71. The highest BCUT2D eigenvalue weighted by Gasteiger charge is 2.17. The fourth-order valence-corrected chi connectivity index (χ4v) is 2.04. The maximum Gasteiger partial charge on any atom is 0.261 e. The molecule has 0 saturated heterocycles. The van der Waals surface area contributed by atoms with Crippen molar-refractivity contribution in [2.45, 2.75) is 0 Å². The molecule has 0 aliphatic rings. The van der Waals surface area contributed by atoms with Gasteiger partial charge in [-0.1, -0.05) is 36.4 Å². The Morgan fingerprint density at radius 1 is 0.870 bits per heavy atom. The second-order valence-electron chi connectivity index (χ2n) is 4.71. The van der Waals surface area contributed by atoms with E-state index in [0.29, 0.717) is 5.82 Å². The minimum absolute atomic E-state index is 0.248. The van der Waals surface area contributed by atoms with Crippen LogP contribution in [0.15, 0.2) is 60.9 Å². The van der Waals surface area contributed by atoms with Crippen molar-refractivity contribution in [2.24, 2.45) is 0 Å². The first-order valence-corrected chi connectivity index (χ1v) is 6.78. The second kappa shape index (κ2) is 6.31. The van der Waals surface area contributed by atoms with E-state index >= 15 is 0 Å². The molecule has 0 unspecified atom stereocenters. The zero-order valence-corrected chi connectivity index (χ0v) is 11.8. The van der Waals surface area contributed by atoms with Crippen LogP contribution in [0, 0.1) is 11.6 Å². The molecule has 0 aliphatic carbocycles. The summed E-state index contributed by atoms with van der Waals surface area (Å²) in [6.45, 7) is 0.